The molecule has 31 heavy (non-hydrogen) atoms. The van der Waals surface area contributed by atoms with Crippen LogP contribution >= 0.6 is 0 Å². The Hall–Kier alpha value is -2.33. The van der Waals surface area contributed by atoms with Gasteiger partial charge < -0.3 is 5.32 Å². The lowest BCUT2D eigenvalue weighted by Gasteiger charge is -2.36. The highest BCUT2D eigenvalue weighted by Gasteiger charge is 2.37. The topological polar surface area (TPSA) is 98.7 Å². The zero-order chi connectivity index (χ0) is 22.4. The normalized spacial score (nSPS) is 19.5. The SMILES string of the molecule is CC(CC(CS(=O)(=O)N1CCNCC1c1ccc(F)cc1)C(=O)NO)c1ccccc1. The predicted octanol–water partition coefficient (Wildman–Crippen LogP) is 2.42. The van der Waals surface area contributed by atoms with E-state index in [1.54, 1.807) is 17.6 Å². The van der Waals surface area contributed by atoms with Crippen LogP contribution in [0.1, 0.15) is 36.4 Å². The number of halogens is 1. The summed E-state index contributed by atoms with van der Waals surface area (Å²) in [5.41, 5.74) is 3.29. The van der Waals surface area contributed by atoms with Crippen molar-refractivity contribution in [3.8, 4) is 0 Å². The first-order valence-corrected chi connectivity index (χ1v) is 11.9. The van der Waals surface area contributed by atoms with Gasteiger partial charge in [0.25, 0.3) is 0 Å². The van der Waals surface area contributed by atoms with Gasteiger partial charge >= 0.3 is 0 Å². The van der Waals surface area contributed by atoms with Gasteiger partial charge in [-0.15, -0.1) is 0 Å². The molecule has 2 aromatic carbocycles. The molecule has 3 rings (SSSR count). The van der Waals surface area contributed by atoms with Crippen LogP contribution in [-0.2, 0) is 14.8 Å². The smallest absolute Gasteiger partial charge is 0.247 e. The zero-order valence-electron chi connectivity index (χ0n) is 17.4. The maximum atomic E-state index is 13.3. The Morgan fingerprint density at radius 3 is 2.55 bits per heavy atom. The molecule has 0 radical (unpaired) electrons. The Balaban J connectivity index is 1.81. The third-order valence-electron chi connectivity index (χ3n) is 5.71. The second-order valence-corrected chi connectivity index (χ2v) is 9.85. The van der Waals surface area contributed by atoms with Gasteiger partial charge in [0.15, 0.2) is 0 Å². The Morgan fingerprint density at radius 1 is 1.23 bits per heavy atom. The molecule has 9 heteroatoms. The predicted molar refractivity (Wildman–Crippen MR) is 115 cm³/mol. The standard InChI is InChI=1S/C22H28FN3O4S/c1-16(17-5-3-2-4-6-17)13-19(22(27)25-28)15-31(29,30)26-12-11-24-14-21(26)18-7-9-20(23)10-8-18/h2-10,16,19,21,24,28H,11-15H2,1H3,(H,25,27). The fraction of sp³-hybridized carbons (Fsp3) is 0.409. The van der Waals surface area contributed by atoms with E-state index in [-0.39, 0.29) is 18.9 Å². The van der Waals surface area contributed by atoms with Crippen LogP contribution < -0.4 is 10.8 Å². The highest BCUT2D eigenvalue weighted by Crippen LogP contribution is 2.29. The van der Waals surface area contributed by atoms with Gasteiger partial charge in [-0.3, -0.25) is 10.0 Å². The first kappa shape index (κ1) is 23.3. The molecular formula is C22H28FN3O4S. The van der Waals surface area contributed by atoms with Crippen molar-refractivity contribution >= 4 is 15.9 Å². The van der Waals surface area contributed by atoms with Gasteiger partial charge in [-0.05, 0) is 35.6 Å². The molecule has 1 heterocycles. The van der Waals surface area contributed by atoms with E-state index in [2.05, 4.69) is 5.32 Å². The summed E-state index contributed by atoms with van der Waals surface area (Å²) in [5.74, 6) is -2.53. The highest BCUT2D eigenvalue weighted by atomic mass is 32.2. The number of hydroxylamine groups is 1. The maximum absolute atomic E-state index is 13.3. The lowest BCUT2D eigenvalue weighted by molar-refractivity contribution is -0.133. The summed E-state index contributed by atoms with van der Waals surface area (Å²) in [6, 6.07) is 14.8. The first-order chi connectivity index (χ1) is 14.8. The minimum Gasteiger partial charge on any atom is -0.313 e. The summed E-state index contributed by atoms with van der Waals surface area (Å²) in [4.78, 5) is 12.3. The van der Waals surface area contributed by atoms with Crippen LogP contribution in [-0.4, -0.2) is 49.2 Å². The highest BCUT2D eigenvalue weighted by molar-refractivity contribution is 7.89. The van der Waals surface area contributed by atoms with Gasteiger partial charge in [0.05, 0.1) is 17.7 Å². The number of hydrogen-bond acceptors (Lipinski definition) is 5. The second-order valence-electron chi connectivity index (χ2n) is 7.88. The molecule has 1 saturated heterocycles. The van der Waals surface area contributed by atoms with E-state index >= 15 is 0 Å². The van der Waals surface area contributed by atoms with E-state index in [1.165, 1.54) is 16.4 Å². The monoisotopic (exact) mass is 449 g/mol. The maximum Gasteiger partial charge on any atom is 0.247 e. The number of nitrogens with zero attached hydrogens (tertiary/aromatic N) is 1. The second kappa shape index (κ2) is 10.3. The van der Waals surface area contributed by atoms with Crippen LogP contribution in [0, 0.1) is 11.7 Å². The van der Waals surface area contributed by atoms with Crippen LogP contribution in [0.15, 0.2) is 54.6 Å². The summed E-state index contributed by atoms with van der Waals surface area (Å²) >= 11 is 0. The van der Waals surface area contributed by atoms with E-state index in [0.29, 0.717) is 18.7 Å². The molecule has 0 bridgehead atoms. The van der Waals surface area contributed by atoms with E-state index in [9.17, 15) is 22.8 Å². The number of carbonyl (C=O) groups excluding carboxylic acids is 1. The fourth-order valence-corrected chi connectivity index (χ4v) is 5.96. The van der Waals surface area contributed by atoms with Gasteiger partial charge in [0.1, 0.15) is 5.82 Å². The molecule has 168 valence electrons. The van der Waals surface area contributed by atoms with Crippen LogP contribution in [0.2, 0.25) is 0 Å². The number of piperazine rings is 1. The molecule has 1 fully saturated rings. The van der Waals surface area contributed by atoms with Gasteiger partial charge in [-0.2, -0.15) is 4.31 Å². The van der Waals surface area contributed by atoms with E-state index < -0.39 is 39.5 Å². The van der Waals surface area contributed by atoms with Crippen LogP contribution in [0.3, 0.4) is 0 Å². The van der Waals surface area contributed by atoms with Crippen molar-refractivity contribution in [1.82, 2.24) is 15.1 Å². The minimum atomic E-state index is -3.85. The number of amides is 1. The third-order valence-corrected chi connectivity index (χ3v) is 7.68. The largest absolute Gasteiger partial charge is 0.313 e. The lowest BCUT2D eigenvalue weighted by atomic mass is 9.91. The Morgan fingerprint density at radius 2 is 1.90 bits per heavy atom. The summed E-state index contributed by atoms with van der Waals surface area (Å²) in [6.07, 6.45) is 0.267. The minimum absolute atomic E-state index is 0.0744. The number of benzene rings is 2. The van der Waals surface area contributed by atoms with Crippen molar-refractivity contribution < 1.29 is 22.8 Å². The fourth-order valence-electron chi connectivity index (χ4n) is 4.02. The molecule has 0 spiro atoms. The molecule has 1 aliphatic rings. The Kier molecular flexibility index (Phi) is 7.77. The summed E-state index contributed by atoms with van der Waals surface area (Å²) in [5, 5.41) is 12.4. The zero-order valence-corrected chi connectivity index (χ0v) is 18.2. The van der Waals surface area contributed by atoms with Gasteiger partial charge in [0.2, 0.25) is 15.9 Å². The lowest BCUT2D eigenvalue weighted by Crippen LogP contribution is -2.50. The first-order valence-electron chi connectivity index (χ1n) is 10.3. The van der Waals surface area contributed by atoms with Gasteiger partial charge in [-0.1, -0.05) is 49.4 Å². The molecule has 1 amide bonds. The molecule has 3 atom stereocenters. The molecule has 0 aromatic heterocycles. The summed E-state index contributed by atoms with van der Waals surface area (Å²) in [7, 11) is -3.85. The van der Waals surface area contributed by atoms with Crippen LogP contribution in [0.4, 0.5) is 4.39 Å². The van der Waals surface area contributed by atoms with Crippen molar-refractivity contribution in [3.63, 3.8) is 0 Å². The number of nitrogens with one attached hydrogen (secondary N) is 2. The van der Waals surface area contributed by atoms with Crippen LogP contribution in [0.5, 0.6) is 0 Å². The molecule has 3 N–H and O–H groups in total. The summed E-state index contributed by atoms with van der Waals surface area (Å²) < 4.78 is 41.4. The van der Waals surface area contributed by atoms with E-state index in [4.69, 9.17) is 0 Å². The Bertz CT molecular complexity index is 970. The number of carbonyl (C=O) groups is 1. The Labute approximate surface area is 182 Å². The van der Waals surface area contributed by atoms with E-state index in [1.807, 2.05) is 37.3 Å². The number of rotatable bonds is 8. The van der Waals surface area contributed by atoms with Crippen LogP contribution in [0.25, 0.3) is 0 Å². The van der Waals surface area contributed by atoms with E-state index in [0.717, 1.165) is 5.56 Å². The number of sulfonamides is 1. The average molecular weight is 450 g/mol. The van der Waals surface area contributed by atoms with Crippen molar-refractivity contribution in [3.05, 3.63) is 71.5 Å². The molecule has 0 aliphatic carbocycles. The molecule has 3 unspecified atom stereocenters. The molecule has 0 saturated carbocycles. The average Bonchev–Trinajstić information content (AvgIpc) is 2.79. The number of hydrogen-bond donors (Lipinski definition) is 3. The van der Waals surface area contributed by atoms with Crippen molar-refractivity contribution in [2.24, 2.45) is 5.92 Å². The van der Waals surface area contributed by atoms with Gasteiger partial charge in [0, 0.05) is 19.6 Å². The van der Waals surface area contributed by atoms with Gasteiger partial charge in [-0.25, -0.2) is 18.3 Å². The third kappa shape index (κ3) is 5.88. The molecule has 1 aliphatic heterocycles. The summed E-state index contributed by atoms with van der Waals surface area (Å²) in [6.45, 7) is 3.04. The van der Waals surface area contributed by atoms with Crippen molar-refractivity contribution in [1.29, 1.82) is 0 Å². The molecule has 2 aromatic rings. The molecule has 7 nitrogen and oxygen atoms in total. The molecular weight excluding hydrogens is 421 g/mol. The van der Waals surface area contributed by atoms with Crippen molar-refractivity contribution in [2.75, 3.05) is 25.4 Å². The van der Waals surface area contributed by atoms with Crippen molar-refractivity contribution in [2.45, 2.75) is 25.3 Å². The quantitative estimate of drug-likeness (QED) is 0.425.